The molecule has 0 aliphatic carbocycles. The van der Waals surface area contributed by atoms with Crippen molar-refractivity contribution in [1.29, 1.82) is 0 Å². The van der Waals surface area contributed by atoms with Crippen LogP contribution in [0, 0.1) is 6.92 Å². The fourth-order valence-electron chi connectivity index (χ4n) is 3.03. The summed E-state index contributed by atoms with van der Waals surface area (Å²) in [5, 5.41) is 2.80. The van der Waals surface area contributed by atoms with Crippen molar-refractivity contribution in [2.45, 2.75) is 58.7 Å². The van der Waals surface area contributed by atoms with E-state index in [-0.39, 0.29) is 11.8 Å². The van der Waals surface area contributed by atoms with Crippen molar-refractivity contribution < 1.29 is 9.59 Å². The Kier molecular flexibility index (Phi) is 4.30. The van der Waals surface area contributed by atoms with E-state index in [4.69, 9.17) is 0 Å². The van der Waals surface area contributed by atoms with Crippen LogP contribution in [0.15, 0.2) is 18.5 Å². The van der Waals surface area contributed by atoms with E-state index in [9.17, 15) is 9.59 Å². The van der Waals surface area contributed by atoms with E-state index in [0.717, 1.165) is 11.1 Å². The van der Waals surface area contributed by atoms with Crippen LogP contribution in [-0.2, 0) is 16.1 Å². The summed E-state index contributed by atoms with van der Waals surface area (Å²) in [6.07, 6.45) is 4.75. The van der Waals surface area contributed by atoms with E-state index in [1.807, 2.05) is 26.8 Å². The lowest BCUT2D eigenvalue weighted by molar-refractivity contribution is -0.158. The van der Waals surface area contributed by atoms with Crippen LogP contribution in [0.2, 0.25) is 0 Å². The lowest BCUT2D eigenvalue weighted by Gasteiger charge is -2.47. The molecule has 1 aliphatic heterocycles. The van der Waals surface area contributed by atoms with Crippen molar-refractivity contribution in [3.05, 3.63) is 29.6 Å². The lowest BCUT2D eigenvalue weighted by atomic mass is 9.85. The smallest absolute Gasteiger partial charge is 0.246 e. The maximum Gasteiger partial charge on any atom is 0.246 e. The summed E-state index contributed by atoms with van der Waals surface area (Å²) in [4.78, 5) is 31.0. The molecule has 1 fully saturated rings. The van der Waals surface area contributed by atoms with Crippen LogP contribution in [0.5, 0.6) is 0 Å². The second kappa shape index (κ2) is 5.84. The molecule has 1 aromatic rings. The first-order valence-corrected chi connectivity index (χ1v) is 7.47. The SMILES string of the molecule is CCC1(CC)C(=O)NC(C)C(=O)N1Cc1cncc(C)c1. The van der Waals surface area contributed by atoms with Gasteiger partial charge in [0.2, 0.25) is 11.8 Å². The van der Waals surface area contributed by atoms with Crippen molar-refractivity contribution in [3.63, 3.8) is 0 Å². The summed E-state index contributed by atoms with van der Waals surface area (Å²) < 4.78 is 0. The van der Waals surface area contributed by atoms with Crippen molar-refractivity contribution in [1.82, 2.24) is 15.2 Å². The molecule has 114 valence electrons. The van der Waals surface area contributed by atoms with Crippen molar-refractivity contribution in [3.8, 4) is 0 Å². The Morgan fingerprint density at radius 3 is 2.52 bits per heavy atom. The molecule has 0 bridgehead atoms. The van der Waals surface area contributed by atoms with E-state index >= 15 is 0 Å². The van der Waals surface area contributed by atoms with Crippen LogP contribution in [0.1, 0.15) is 44.7 Å². The maximum atomic E-state index is 12.6. The molecule has 1 aromatic heterocycles. The minimum atomic E-state index is -0.757. The highest BCUT2D eigenvalue weighted by atomic mass is 16.2. The normalized spacial score (nSPS) is 21.3. The molecule has 0 spiro atoms. The van der Waals surface area contributed by atoms with Gasteiger partial charge >= 0.3 is 0 Å². The summed E-state index contributed by atoms with van der Waals surface area (Å²) in [6.45, 7) is 8.03. The highest BCUT2D eigenvalue weighted by molar-refractivity contribution is 5.99. The van der Waals surface area contributed by atoms with Gasteiger partial charge in [0, 0.05) is 18.9 Å². The highest BCUT2D eigenvalue weighted by Gasteiger charge is 2.49. The van der Waals surface area contributed by atoms with Gasteiger partial charge in [-0.1, -0.05) is 19.9 Å². The van der Waals surface area contributed by atoms with E-state index in [2.05, 4.69) is 10.3 Å². The molecule has 0 aromatic carbocycles. The fraction of sp³-hybridized carbons (Fsp3) is 0.562. The third-order valence-electron chi connectivity index (χ3n) is 4.37. The molecule has 1 aliphatic rings. The molecular formula is C16H23N3O2. The van der Waals surface area contributed by atoms with Gasteiger partial charge in [0.25, 0.3) is 0 Å². The van der Waals surface area contributed by atoms with Gasteiger partial charge in [-0.05, 0) is 37.8 Å². The van der Waals surface area contributed by atoms with E-state index in [0.29, 0.717) is 19.4 Å². The molecule has 1 N–H and O–H groups in total. The Balaban J connectivity index is 2.39. The molecule has 1 saturated heterocycles. The number of carbonyl (C=O) groups excluding carboxylic acids is 2. The minimum Gasteiger partial charge on any atom is -0.343 e. The van der Waals surface area contributed by atoms with Gasteiger partial charge in [-0.3, -0.25) is 14.6 Å². The molecule has 1 unspecified atom stereocenters. The molecule has 2 heterocycles. The molecule has 2 amide bonds. The molecule has 1 atom stereocenters. The summed E-state index contributed by atoms with van der Waals surface area (Å²) in [7, 11) is 0. The van der Waals surface area contributed by atoms with Gasteiger partial charge in [-0.15, -0.1) is 0 Å². The Hall–Kier alpha value is -1.91. The average molecular weight is 289 g/mol. The average Bonchev–Trinajstić information content (AvgIpc) is 2.46. The van der Waals surface area contributed by atoms with Gasteiger partial charge in [-0.2, -0.15) is 0 Å². The molecule has 2 rings (SSSR count). The van der Waals surface area contributed by atoms with Crippen LogP contribution in [0.3, 0.4) is 0 Å². The number of piperazine rings is 1. The predicted octanol–water partition coefficient (Wildman–Crippen LogP) is 1.80. The zero-order chi connectivity index (χ0) is 15.6. The summed E-state index contributed by atoms with van der Waals surface area (Å²) in [5.41, 5.74) is 1.25. The number of carbonyl (C=O) groups is 2. The number of amides is 2. The second-order valence-electron chi connectivity index (χ2n) is 5.73. The molecule has 5 nitrogen and oxygen atoms in total. The zero-order valence-corrected chi connectivity index (χ0v) is 13.1. The van der Waals surface area contributed by atoms with Crippen molar-refractivity contribution in [2.75, 3.05) is 0 Å². The lowest BCUT2D eigenvalue weighted by Crippen LogP contribution is -2.69. The largest absolute Gasteiger partial charge is 0.343 e. The van der Waals surface area contributed by atoms with Gasteiger partial charge in [-0.25, -0.2) is 0 Å². The number of pyridine rings is 1. The number of nitrogens with zero attached hydrogens (tertiary/aromatic N) is 2. The van der Waals surface area contributed by atoms with Gasteiger partial charge < -0.3 is 10.2 Å². The number of aryl methyl sites for hydroxylation is 1. The standard InChI is InChI=1S/C16H23N3O2/c1-5-16(6-2)15(21)18-12(4)14(20)19(16)10-13-7-11(3)8-17-9-13/h7-9,12H,5-6,10H2,1-4H3,(H,18,21). The Bertz CT molecular complexity index is 552. The van der Waals surface area contributed by atoms with Crippen LogP contribution < -0.4 is 5.32 Å². The predicted molar refractivity (Wildman–Crippen MR) is 80.4 cm³/mol. The van der Waals surface area contributed by atoms with E-state index < -0.39 is 11.6 Å². The third-order valence-corrected chi connectivity index (χ3v) is 4.37. The first-order chi connectivity index (χ1) is 9.94. The van der Waals surface area contributed by atoms with Gasteiger partial charge in [0.1, 0.15) is 11.6 Å². The second-order valence-corrected chi connectivity index (χ2v) is 5.73. The number of nitrogens with one attached hydrogen (secondary N) is 1. The highest BCUT2D eigenvalue weighted by Crippen LogP contribution is 2.30. The van der Waals surface area contributed by atoms with Crippen molar-refractivity contribution >= 4 is 11.8 Å². The maximum absolute atomic E-state index is 12.6. The van der Waals surface area contributed by atoms with Gasteiger partial charge in [0.15, 0.2) is 0 Å². The first-order valence-electron chi connectivity index (χ1n) is 7.47. The molecule has 0 saturated carbocycles. The number of hydrogen-bond acceptors (Lipinski definition) is 3. The Morgan fingerprint density at radius 2 is 1.95 bits per heavy atom. The number of hydrogen-bond donors (Lipinski definition) is 1. The topological polar surface area (TPSA) is 62.3 Å². The third kappa shape index (κ3) is 2.64. The number of aromatic nitrogens is 1. The fourth-order valence-corrected chi connectivity index (χ4v) is 3.03. The van der Waals surface area contributed by atoms with Crippen molar-refractivity contribution in [2.24, 2.45) is 0 Å². The summed E-state index contributed by atoms with van der Waals surface area (Å²) in [6, 6.07) is 1.54. The van der Waals surface area contributed by atoms with Gasteiger partial charge in [0.05, 0.1) is 0 Å². The van der Waals surface area contributed by atoms with Crippen LogP contribution >= 0.6 is 0 Å². The zero-order valence-electron chi connectivity index (χ0n) is 13.1. The van der Waals surface area contributed by atoms with Crippen LogP contribution in [-0.4, -0.2) is 33.3 Å². The summed E-state index contributed by atoms with van der Waals surface area (Å²) >= 11 is 0. The monoisotopic (exact) mass is 289 g/mol. The van der Waals surface area contributed by atoms with Crippen LogP contribution in [0.25, 0.3) is 0 Å². The number of rotatable bonds is 4. The molecule has 0 radical (unpaired) electrons. The van der Waals surface area contributed by atoms with E-state index in [1.54, 1.807) is 24.2 Å². The molecular weight excluding hydrogens is 266 g/mol. The Labute approximate surface area is 125 Å². The summed E-state index contributed by atoms with van der Waals surface area (Å²) in [5.74, 6) is -0.0833. The Morgan fingerprint density at radius 1 is 1.29 bits per heavy atom. The molecule has 21 heavy (non-hydrogen) atoms. The first kappa shape index (κ1) is 15.5. The minimum absolute atomic E-state index is 0.0280. The van der Waals surface area contributed by atoms with E-state index in [1.165, 1.54) is 0 Å². The van der Waals surface area contributed by atoms with Crippen LogP contribution in [0.4, 0.5) is 0 Å². The quantitative estimate of drug-likeness (QED) is 0.919. The molecule has 5 heteroatoms.